The molecule has 0 unspecified atom stereocenters. The summed E-state index contributed by atoms with van der Waals surface area (Å²) in [7, 11) is 0. The molecule has 6 nitrogen and oxygen atoms in total. The fourth-order valence-electron chi connectivity index (χ4n) is 0.888. The van der Waals surface area contributed by atoms with Crippen LogP contribution in [-0.2, 0) is 19.1 Å². The Bertz CT molecular complexity index is 349. The lowest BCUT2D eigenvalue weighted by atomic mass is 9.97. The highest BCUT2D eigenvalue weighted by atomic mass is 16.6. The standard InChI is InChI=1S/C13H23NO5/c1-12(2,3)10(16)18-9(15)7-8-14-11(17)19-13(4,5)6/h7-8H2,1-6H3,(H,14,17). The Morgan fingerprint density at radius 1 is 1.00 bits per heavy atom. The summed E-state index contributed by atoms with van der Waals surface area (Å²) >= 11 is 0. The molecule has 0 bridgehead atoms. The zero-order valence-electron chi connectivity index (χ0n) is 12.5. The molecule has 0 aliphatic heterocycles. The minimum absolute atomic E-state index is 0.0607. The van der Waals surface area contributed by atoms with Crippen LogP contribution in [0.3, 0.4) is 0 Å². The highest BCUT2D eigenvalue weighted by Crippen LogP contribution is 2.15. The summed E-state index contributed by atoms with van der Waals surface area (Å²) in [6.07, 6.45) is -0.691. The van der Waals surface area contributed by atoms with Crippen molar-refractivity contribution in [3.05, 3.63) is 0 Å². The molecule has 0 heterocycles. The molecule has 0 fully saturated rings. The van der Waals surface area contributed by atoms with E-state index in [1.165, 1.54) is 0 Å². The molecule has 110 valence electrons. The Morgan fingerprint density at radius 3 is 1.95 bits per heavy atom. The quantitative estimate of drug-likeness (QED) is 0.628. The molecule has 6 heteroatoms. The average Bonchev–Trinajstić information content (AvgIpc) is 2.12. The molecule has 0 radical (unpaired) electrons. The molecular formula is C13H23NO5. The number of esters is 2. The van der Waals surface area contributed by atoms with Crippen LogP contribution >= 0.6 is 0 Å². The first-order valence-electron chi connectivity index (χ1n) is 6.14. The topological polar surface area (TPSA) is 81.7 Å². The largest absolute Gasteiger partial charge is 0.444 e. The van der Waals surface area contributed by atoms with Crippen molar-refractivity contribution in [3.8, 4) is 0 Å². The van der Waals surface area contributed by atoms with Gasteiger partial charge < -0.3 is 14.8 Å². The second-order valence-corrected chi connectivity index (χ2v) is 6.19. The molecule has 0 aliphatic rings. The Morgan fingerprint density at radius 2 is 1.53 bits per heavy atom. The number of hydrogen-bond donors (Lipinski definition) is 1. The Balaban J connectivity index is 3.94. The van der Waals surface area contributed by atoms with Gasteiger partial charge in [0.1, 0.15) is 5.60 Å². The highest BCUT2D eigenvalue weighted by molar-refractivity contribution is 5.88. The third-order valence-corrected chi connectivity index (χ3v) is 1.82. The first-order chi connectivity index (χ1) is 8.42. The predicted octanol–water partition coefficient (Wildman–Crippen LogP) is 2.02. The zero-order valence-corrected chi connectivity index (χ0v) is 12.5. The van der Waals surface area contributed by atoms with Gasteiger partial charge in [-0.1, -0.05) is 0 Å². The van der Waals surface area contributed by atoms with E-state index in [1.807, 2.05) is 0 Å². The van der Waals surface area contributed by atoms with Crippen molar-refractivity contribution < 1.29 is 23.9 Å². The van der Waals surface area contributed by atoms with Crippen LogP contribution in [0.4, 0.5) is 4.79 Å². The number of ether oxygens (including phenoxy) is 2. The van der Waals surface area contributed by atoms with Crippen LogP contribution in [0.2, 0.25) is 0 Å². The SMILES string of the molecule is CC(C)(C)OC(=O)NCCC(=O)OC(=O)C(C)(C)C. The molecule has 1 amide bonds. The van der Waals surface area contributed by atoms with Crippen molar-refractivity contribution in [2.45, 2.75) is 53.6 Å². The molecule has 0 saturated carbocycles. The van der Waals surface area contributed by atoms with E-state index in [2.05, 4.69) is 10.1 Å². The van der Waals surface area contributed by atoms with Crippen LogP contribution in [0.1, 0.15) is 48.0 Å². The van der Waals surface area contributed by atoms with Gasteiger partial charge in [0.2, 0.25) is 0 Å². The summed E-state index contributed by atoms with van der Waals surface area (Å²) in [5.41, 5.74) is -1.32. The molecule has 1 N–H and O–H groups in total. The molecule has 0 aromatic carbocycles. The molecule has 19 heavy (non-hydrogen) atoms. The minimum atomic E-state index is -0.728. The smallest absolute Gasteiger partial charge is 0.407 e. The monoisotopic (exact) mass is 273 g/mol. The van der Waals surface area contributed by atoms with Gasteiger partial charge in [-0.05, 0) is 41.5 Å². The first kappa shape index (κ1) is 17.4. The van der Waals surface area contributed by atoms with Crippen molar-refractivity contribution in [3.63, 3.8) is 0 Å². The van der Waals surface area contributed by atoms with Gasteiger partial charge in [0.05, 0.1) is 11.8 Å². The average molecular weight is 273 g/mol. The predicted molar refractivity (Wildman–Crippen MR) is 69.4 cm³/mol. The number of nitrogens with one attached hydrogen (secondary N) is 1. The van der Waals surface area contributed by atoms with Crippen molar-refractivity contribution in [2.24, 2.45) is 5.41 Å². The van der Waals surface area contributed by atoms with Gasteiger partial charge in [0, 0.05) is 6.54 Å². The summed E-state index contributed by atoms with van der Waals surface area (Å²) in [6.45, 7) is 10.2. The number of rotatable bonds is 3. The van der Waals surface area contributed by atoms with Crippen molar-refractivity contribution >= 4 is 18.0 Å². The maximum Gasteiger partial charge on any atom is 0.407 e. The van der Waals surface area contributed by atoms with Gasteiger partial charge in [-0.15, -0.1) is 0 Å². The lowest BCUT2D eigenvalue weighted by molar-refractivity contribution is -0.165. The molecule has 0 aromatic rings. The summed E-state index contributed by atoms with van der Waals surface area (Å²) < 4.78 is 9.61. The summed E-state index contributed by atoms with van der Waals surface area (Å²) in [5.74, 6) is -1.26. The van der Waals surface area contributed by atoms with E-state index in [9.17, 15) is 14.4 Å². The number of carbonyl (C=O) groups is 3. The van der Waals surface area contributed by atoms with Gasteiger partial charge in [-0.25, -0.2) is 4.79 Å². The molecule has 0 aliphatic carbocycles. The summed E-state index contributed by atoms with van der Waals surface area (Å²) in [5, 5.41) is 2.41. The Kier molecular flexibility index (Phi) is 5.99. The van der Waals surface area contributed by atoms with E-state index in [-0.39, 0.29) is 13.0 Å². The molecule has 0 spiro atoms. The van der Waals surface area contributed by atoms with Gasteiger partial charge in [0.25, 0.3) is 0 Å². The van der Waals surface area contributed by atoms with E-state index in [0.717, 1.165) is 0 Å². The fourth-order valence-corrected chi connectivity index (χ4v) is 0.888. The maximum absolute atomic E-state index is 11.4. The second-order valence-electron chi connectivity index (χ2n) is 6.19. The molecular weight excluding hydrogens is 250 g/mol. The van der Waals surface area contributed by atoms with Crippen molar-refractivity contribution in [2.75, 3.05) is 6.54 Å². The summed E-state index contributed by atoms with van der Waals surface area (Å²) in [4.78, 5) is 34.0. The van der Waals surface area contributed by atoms with E-state index >= 15 is 0 Å². The minimum Gasteiger partial charge on any atom is -0.444 e. The van der Waals surface area contributed by atoms with E-state index in [0.29, 0.717) is 0 Å². The Hall–Kier alpha value is -1.59. The third kappa shape index (κ3) is 9.04. The zero-order chi connectivity index (χ0) is 15.3. The number of carbonyl (C=O) groups excluding carboxylic acids is 3. The van der Waals surface area contributed by atoms with Crippen LogP contribution in [0, 0.1) is 5.41 Å². The number of hydrogen-bond acceptors (Lipinski definition) is 5. The molecule has 0 rings (SSSR count). The molecule has 0 atom stereocenters. The fraction of sp³-hybridized carbons (Fsp3) is 0.769. The van der Waals surface area contributed by atoms with Gasteiger partial charge >= 0.3 is 18.0 Å². The van der Waals surface area contributed by atoms with Gasteiger partial charge in [0.15, 0.2) is 0 Å². The van der Waals surface area contributed by atoms with Crippen LogP contribution in [0.5, 0.6) is 0 Å². The van der Waals surface area contributed by atoms with Gasteiger partial charge in [-0.3, -0.25) is 9.59 Å². The van der Waals surface area contributed by atoms with Crippen molar-refractivity contribution in [1.82, 2.24) is 5.32 Å². The van der Waals surface area contributed by atoms with E-state index < -0.39 is 29.0 Å². The number of alkyl carbamates (subject to hydrolysis) is 1. The van der Waals surface area contributed by atoms with Crippen LogP contribution in [-0.4, -0.2) is 30.2 Å². The maximum atomic E-state index is 11.4. The van der Waals surface area contributed by atoms with E-state index in [4.69, 9.17) is 4.74 Å². The third-order valence-electron chi connectivity index (χ3n) is 1.82. The number of amides is 1. The van der Waals surface area contributed by atoms with Crippen molar-refractivity contribution in [1.29, 1.82) is 0 Å². The van der Waals surface area contributed by atoms with Gasteiger partial charge in [-0.2, -0.15) is 0 Å². The highest BCUT2D eigenvalue weighted by Gasteiger charge is 2.25. The molecule has 0 aromatic heterocycles. The summed E-state index contributed by atoms with van der Waals surface area (Å²) in [6, 6.07) is 0. The van der Waals surface area contributed by atoms with E-state index in [1.54, 1.807) is 41.5 Å². The second kappa shape index (κ2) is 6.54. The van der Waals surface area contributed by atoms with Crippen LogP contribution in [0.15, 0.2) is 0 Å². The Labute approximate surface area is 113 Å². The normalized spacial score (nSPS) is 11.7. The first-order valence-corrected chi connectivity index (χ1v) is 6.14. The lowest BCUT2D eigenvalue weighted by Gasteiger charge is -2.19. The van der Waals surface area contributed by atoms with Crippen LogP contribution < -0.4 is 5.32 Å². The van der Waals surface area contributed by atoms with Crippen LogP contribution in [0.25, 0.3) is 0 Å². The molecule has 0 saturated heterocycles. The lowest BCUT2D eigenvalue weighted by Crippen LogP contribution is -2.34.